The lowest BCUT2D eigenvalue weighted by molar-refractivity contribution is -0.0583. The summed E-state index contributed by atoms with van der Waals surface area (Å²) in [5.41, 5.74) is -0.282. The molecule has 2 heterocycles. The number of aliphatic hydroxyl groups is 1. The second-order valence-electron chi connectivity index (χ2n) is 8.14. The number of hydrogen-bond donors (Lipinski definition) is 3. The van der Waals surface area contributed by atoms with E-state index in [0.717, 1.165) is 12.6 Å². The summed E-state index contributed by atoms with van der Waals surface area (Å²) < 4.78 is 59.7. The Labute approximate surface area is 200 Å². The first-order valence-electron chi connectivity index (χ1n) is 11.1. The Bertz CT molecular complexity index is 1190. The van der Waals surface area contributed by atoms with Gasteiger partial charge in [0.1, 0.15) is 36.8 Å². The third-order valence-electron chi connectivity index (χ3n) is 5.64. The topological polar surface area (TPSA) is 97.8 Å². The third kappa shape index (κ3) is 5.58. The highest BCUT2D eigenvalue weighted by Gasteiger charge is 2.34. The van der Waals surface area contributed by atoms with Crippen molar-refractivity contribution in [3.05, 3.63) is 53.1 Å². The molecule has 1 fully saturated rings. The van der Waals surface area contributed by atoms with E-state index >= 15 is 0 Å². The van der Waals surface area contributed by atoms with Gasteiger partial charge >= 0.3 is 0 Å². The minimum Gasteiger partial charge on any atom is -0.493 e. The molecule has 0 radical (unpaired) electrons. The summed E-state index contributed by atoms with van der Waals surface area (Å²) in [5.74, 6) is -2.98. The van der Waals surface area contributed by atoms with Gasteiger partial charge in [-0.05, 0) is 19.1 Å². The minimum atomic E-state index is -3.68. The van der Waals surface area contributed by atoms with Crippen molar-refractivity contribution in [2.45, 2.75) is 25.5 Å². The second kappa shape index (κ2) is 10.6. The highest BCUT2D eigenvalue weighted by atomic mass is 19.3. The summed E-state index contributed by atoms with van der Waals surface area (Å²) in [5, 5.41) is 15.8. The summed E-state index contributed by atoms with van der Waals surface area (Å²) in [6, 6.07) is 7.11. The number of hydrogen-bond acceptors (Lipinski definition) is 8. The Morgan fingerprint density at radius 3 is 2.80 bits per heavy atom. The number of aliphatic hydroxyl groups excluding tert-OH is 1. The van der Waals surface area contributed by atoms with Gasteiger partial charge in [0, 0.05) is 36.7 Å². The molecular weight excluding hydrogens is 465 g/mol. The van der Waals surface area contributed by atoms with Crippen molar-refractivity contribution in [2.24, 2.45) is 0 Å². The quantitative estimate of drug-likeness (QED) is 0.419. The zero-order chi connectivity index (χ0) is 25.0. The fraction of sp³-hybridized carbons (Fsp3) is 0.417. The van der Waals surface area contributed by atoms with Crippen LogP contribution in [0.1, 0.15) is 17.0 Å². The van der Waals surface area contributed by atoms with Crippen molar-refractivity contribution in [1.29, 1.82) is 0 Å². The van der Waals surface area contributed by atoms with Crippen LogP contribution in [0.4, 0.5) is 19.0 Å². The average molecular weight is 492 g/mol. The van der Waals surface area contributed by atoms with Crippen LogP contribution in [0, 0.1) is 12.7 Å². The lowest BCUT2D eigenvalue weighted by Gasteiger charge is -2.24. The van der Waals surface area contributed by atoms with Crippen LogP contribution in [0.25, 0.3) is 10.9 Å². The number of fused-ring (bicyclic) bond motifs is 1. The highest BCUT2D eigenvalue weighted by Crippen LogP contribution is 2.35. The maximum Gasteiger partial charge on any atom is 0.298 e. The number of alkyl halides is 2. The molecule has 1 aliphatic rings. The van der Waals surface area contributed by atoms with E-state index in [-0.39, 0.29) is 18.2 Å². The Morgan fingerprint density at radius 1 is 1.26 bits per heavy atom. The predicted octanol–water partition coefficient (Wildman–Crippen LogP) is 3.15. The van der Waals surface area contributed by atoms with Crippen LogP contribution in [0.3, 0.4) is 0 Å². The van der Waals surface area contributed by atoms with E-state index in [1.807, 2.05) is 0 Å². The Morgan fingerprint density at radius 2 is 2.09 bits per heavy atom. The number of methoxy groups -OCH3 is 1. The summed E-state index contributed by atoms with van der Waals surface area (Å²) in [7, 11) is 1.53. The Kier molecular flexibility index (Phi) is 7.58. The summed E-state index contributed by atoms with van der Waals surface area (Å²) in [6.45, 7) is 2.48. The number of nitrogens with one attached hydrogen (secondary N) is 2. The van der Waals surface area contributed by atoms with Crippen molar-refractivity contribution >= 4 is 16.7 Å². The summed E-state index contributed by atoms with van der Waals surface area (Å²) in [4.78, 5) is 8.86. The predicted molar refractivity (Wildman–Crippen MR) is 124 cm³/mol. The molecule has 3 N–H and O–H groups in total. The Balaban J connectivity index is 1.62. The molecule has 0 spiro atoms. The van der Waals surface area contributed by atoms with Gasteiger partial charge in [0.05, 0.1) is 24.8 Å². The lowest BCUT2D eigenvalue weighted by Crippen LogP contribution is -2.41. The van der Waals surface area contributed by atoms with E-state index in [4.69, 9.17) is 19.3 Å². The molecule has 0 aliphatic carbocycles. The van der Waals surface area contributed by atoms with E-state index in [1.165, 1.54) is 19.2 Å². The molecule has 0 bridgehead atoms. The fourth-order valence-electron chi connectivity index (χ4n) is 3.83. The monoisotopic (exact) mass is 492 g/mol. The van der Waals surface area contributed by atoms with Gasteiger partial charge in [0.15, 0.2) is 11.5 Å². The van der Waals surface area contributed by atoms with Crippen molar-refractivity contribution in [3.63, 3.8) is 0 Å². The van der Waals surface area contributed by atoms with Gasteiger partial charge in [0.2, 0.25) is 0 Å². The number of nitrogens with zero attached hydrogens (tertiary/aromatic N) is 2. The van der Waals surface area contributed by atoms with Gasteiger partial charge in [-0.15, -0.1) is 0 Å². The maximum atomic E-state index is 14.8. The van der Waals surface area contributed by atoms with Crippen LogP contribution in [0.15, 0.2) is 30.3 Å². The molecule has 188 valence electrons. The van der Waals surface area contributed by atoms with Crippen LogP contribution in [0.5, 0.6) is 11.5 Å². The van der Waals surface area contributed by atoms with E-state index in [9.17, 15) is 13.2 Å². The minimum absolute atomic E-state index is 0.00646. The molecule has 0 unspecified atom stereocenters. The molecule has 11 heteroatoms. The SMILES string of the molecule is COc1cc2nc(C)nc(NCc3cccc(C(F)(F)CO)c3F)c2cc1OC[C@@H]1CNCCO1. The second-order valence-corrected chi connectivity index (χ2v) is 8.14. The number of morpholine rings is 1. The van der Waals surface area contributed by atoms with E-state index in [0.29, 0.717) is 53.8 Å². The molecule has 1 aromatic heterocycles. The lowest BCUT2D eigenvalue weighted by atomic mass is 10.0. The zero-order valence-electron chi connectivity index (χ0n) is 19.4. The van der Waals surface area contributed by atoms with Gasteiger partial charge < -0.3 is 30.0 Å². The largest absolute Gasteiger partial charge is 0.493 e. The summed E-state index contributed by atoms with van der Waals surface area (Å²) in [6.07, 6.45) is -0.108. The molecule has 1 atom stereocenters. The molecule has 2 aromatic carbocycles. The molecule has 1 aliphatic heterocycles. The van der Waals surface area contributed by atoms with Crippen molar-refractivity contribution in [1.82, 2.24) is 15.3 Å². The molecule has 4 rings (SSSR count). The van der Waals surface area contributed by atoms with Crippen molar-refractivity contribution in [2.75, 3.05) is 45.3 Å². The first-order valence-corrected chi connectivity index (χ1v) is 11.1. The first kappa shape index (κ1) is 25.0. The molecule has 0 saturated carbocycles. The van der Waals surface area contributed by atoms with E-state index in [2.05, 4.69) is 20.6 Å². The van der Waals surface area contributed by atoms with Crippen LogP contribution in [0.2, 0.25) is 0 Å². The smallest absolute Gasteiger partial charge is 0.298 e. The van der Waals surface area contributed by atoms with Crippen LogP contribution < -0.4 is 20.1 Å². The first-order chi connectivity index (χ1) is 16.8. The number of halogens is 3. The van der Waals surface area contributed by atoms with E-state index < -0.39 is 23.9 Å². The van der Waals surface area contributed by atoms with Gasteiger partial charge in [-0.1, -0.05) is 12.1 Å². The van der Waals surface area contributed by atoms with Gasteiger partial charge in [-0.3, -0.25) is 0 Å². The van der Waals surface area contributed by atoms with Crippen molar-refractivity contribution < 1.29 is 32.5 Å². The normalized spacial score (nSPS) is 16.3. The molecule has 0 amide bonds. The van der Waals surface area contributed by atoms with Crippen LogP contribution in [-0.4, -0.2) is 61.2 Å². The molecule has 3 aromatic rings. The number of aromatic nitrogens is 2. The van der Waals surface area contributed by atoms with Crippen LogP contribution in [-0.2, 0) is 17.2 Å². The number of ether oxygens (including phenoxy) is 3. The number of rotatable bonds is 9. The summed E-state index contributed by atoms with van der Waals surface area (Å²) >= 11 is 0. The number of aryl methyl sites for hydroxylation is 1. The number of benzene rings is 2. The molecular formula is C24H27F3N4O4. The average Bonchev–Trinajstić information content (AvgIpc) is 2.86. The van der Waals surface area contributed by atoms with Crippen LogP contribution >= 0.6 is 0 Å². The fourth-order valence-corrected chi connectivity index (χ4v) is 3.83. The standard InChI is InChI=1S/C24H27F3N4O4/c1-14-30-19-9-20(33-2)21(35-12-16-11-28-6-7-34-16)8-17(19)23(31-14)29-10-15-4-3-5-18(22(15)25)24(26,27)13-32/h3-5,8-9,16,28,32H,6-7,10-13H2,1-2H3,(H,29,30,31)/t16-/m0/s1. The number of anilines is 1. The zero-order valence-corrected chi connectivity index (χ0v) is 19.4. The molecule has 35 heavy (non-hydrogen) atoms. The highest BCUT2D eigenvalue weighted by molar-refractivity contribution is 5.91. The van der Waals surface area contributed by atoms with Gasteiger partial charge in [-0.2, -0.15) is 8.78 Å². The molecule has 8 nitrogen and oxygen atoms in total. The van der Waals surface area contributed by atoms with E-state index in [1.54, 1.807) is 19.1 Å². The van der Waals surface area contributed by atoms with Crippen molar-refractivity contribution in [3.8, 4) is 11.5 Å². The van der Waals surface area contributed by atoms with Gasteiger partial charge in [-0.25, -0.2) is 14.4 Å². The molecule has 1 saturated heterocycles. The van der Waals surface area contributed by atoms with Gasteiger partial charge in [0.25, 0.3) is 5.92 Å². The Hall–Kier alpha value is -3.15. The maximum absolute atomic E-state index is 14.8. The third-order valence-corrected chi connectivity index (χ3v) is 5.64.